The number of aliphatic carboxylic acids is 1. The van der Waals surface area contributed by atoms with Gasteiger partial charge in [0.05, 0.1) is 34.6 Å². The van der Waals surface area contributed by atoms with E-state index < -0.39 is 24.6 Å². The number of ether oxygens (including phenoxy) is 3. The number of rotatable bonds is 9. The maximum absolute atomic E-state index is 13.7. The lowest BCUT2D eigenvalue weighted by atomic mass is 9.96. The lowest BCUT2D eigenvalue weighted by Gasteiger charge is -2.25. The molecule has 4 rings (SSSR count). The Morgan fingerprint density at radius 3 is 2.55 bits per heavy atom. The smallest absolute Gasteiger partial charge is 0.341 e. The summed E-state index contributed by atoms with van der Waals surface area (Å²) >= 11 is 1.20. The molecule has 198 valence electrons. The molecule has 2 heterocycles. The first-order valence-electron chi connectivity index (χ1n) is 12.1. The van der Waals surface area contributed by atoms with Gasteiger partial charge in [-0.05, 0) is 69.2 Å². The molecule has 3 aromatic rings. The topological polar surface area (TPSA) is 116 Å². The van der Waals surface area contributed by atoms with E-state index >= 15 is 0 Å². The number of aromatic nitrogens is 1. The molecule has 1 atom stereocenters. The van der Waals surface area contributed by atoms with E-state index in [1.807, 2.05) is 38.1 Å². The molecule has 0 radical (unpaired) electrons. The van der Waals surface area contributed by atoms with Crippen molar-refractivity contribution in [2.75, 3.05) is 13.2 Å². The normalized spacial score (nSPS) is 15.2. The average Bonchev–Trinajstić information content (AvgIpc) is 3.16. The second-order valence-electron chi connectivity index (χ2n) is 8.79. The Morgan fingerprint density at radius 2 is 1.89 bits per heavy atom. The molecule has 2 aromatic carbocycles. The van der Waals surface area contributed by atoms with Crippen molar-refractivity contribution in [3.8, 4) is 11.5 Å². The molecule has 1 aliphatic heterocycles. The lowest BCUT2D eigenvalue weighted by Crippen LogP contribution is -2.39. The highest BCUT2D eigenvalue weighted by Gasteiger charge is 2.33. The summed E-state index contributed by atoms with van der Waals surface area (Å²) in [4.78, 5) is 42.6. The van der Waals surface area contributed by atoms with E-state index in [-0.39, 0.29) is 18.3 Å². The van der Waals surface area contributed by atoms with Crippen LogP contribution in [0.15, 0.2) is 69.6 Å². The second-order valence-corrected chi connectivity index (χ2v) is 9.80. The fourth-order valence-corrected chi connectivity index (χ4v) is 5.14. The van der Waals surface area contributed by atoms with Gasteiger partial charge in [-0.25, -0.2) is 14.6 Å². The maximum Gasteiger partial charge on any atom is 0.341 e. The van der Waals surface area contributed by atoms with Crippen LogP contribution in [-0.2, 0) is 14.3 Å². The molecule has 0 amide bonds. The van der Waals surface area contributed by atoms with Gasteiger partial charge in [-0.3, -0.25) is 9.36 Å². The van der Waals surface area contributed by atoms with Crippen LogP contribution in [-0.4, -0.2) is 40.9 Å². The van der Waals surface area contributed by atoms with E-state index in [1.54, 1.807) is 44.2 Å². The molecule has 38 heavy (non-hydrogen) atoms. The van der Waals surface area contributed by atoms with Gasteiger partial charge in [0.15, 0.2) is 11.4 Å². The number of hydrogen-bond acceptors (Lipinski definition) is 8. The second kappa shape index (κ2) is 11.5. The van der Waals surface area contributed by atoms with E-state index in [4.69, 9.17) is 19.3 Å². The van der Waals surface area contributed by atoms with Crippen molar-refractivity contribution in [2.45, 2.75) is 39.8 Å². The van der Waals surface area contributed by atoms with Gasteiger partial charge in [0.2, 0.25) is 0 Å². The molecule has 0 aliphatic carbocycles. The number of esters is 1. The summed E-state index contributed by atoms with van der Waals surface area (Å²) in [5, 5.41) is 8.87. The number of carbonyl (C=O) groups excluding carboxylic acids is 1. The lowest BCUT2D eigenvalue weighted by molar-refractivity contribution is -0.140. The van der Waals surface area contributed by atoms with Crippen molar-refractivity contribution in [3.63, 3.8) is 0 Å². The molecule has 0 bridgehead atoms. The number of fused-ring (bicyclic) bond motifs is 1. The SMILES string of the molecule is CCOC(=O)C1=C(C)N=c2s/c(=C\c3cccc(OCC(=O)O)c3)c(=O)n2[C@@H]1c1ccc(OC(C)C)cc1. The van der Waals surface area contributed by atoms with Crippen molar-refractivity contribution in [1.29, 1.82) is 0 Å². The van der Waals surface area contributed by atoms with Crippen LogP contribution in [0.25, 0.3) is 6.08 Å². The van der Waals surface area contributed by atoms with Crippen LogP contribution >= 0.6 is 11.3 Å². The quantitative estimate of drug-likeness (QED) is 0.418. The van der Waals surface area contributed by atoms with Crippen LogP contribution in [0, 0.1) is 0 Å². The maximum atomic E-state index is 13.7. The summed E-state index contributed by atoms with van der Waals surface area (Å²) < 4.78 is 18.3. The van der Waals surface area contributed by atoms with Crippen LogP contribution in [0.3, 0.4) is 0 Å². The third-order valence-corrected chi connectivity index (χ3v) is 6.59. The third kappa shape index (κ3) is 5.86. The highest BCUT2D eigenvalue weighted by atomic mass is 32.1. The van der Waals surface area contributed by atoms with E-state index in [1.165, 1.54) is 15.9 Å². The predicted molar refractivity (Wildman–Crippen MR) is 142 cm³/mol. The van der Waals surface area contributed by atoms with Crippen LogP contribution in [0.5, 0.6) is 11.5 Å². The van der Waals surface area contributed by atoms with Crippen LogP contribution < -0.4 is 24.4 Å². The number of benzene rings is 2. The summed E-state index contributed by atoms with van der Waals surface area (Å²) in [6, 6.07) is 13.4. The van der Waals surface area contributed by atoms with Gasteiger partial charge < -0.3 is 19.3 Å². The average molecular weight is 537 g/mol. The van der Waals surface area contributed by atoms with Crippen molar-refractivity contribution < 1.29 is 28.9 Å². The van der Waals surface area contributed by atoms with Crippen molar-refractivity contribution >= 4 is 29.4 Å². The van der Waals surface area contributed by atoms with E-state index in [9.17, 15) is 14.4 Å². The molecule has 1 aliphatic rings. The van der Waals surface area contributed by atoms with Crippen molar-refractivity contribution in [3.05, 3.63) is 90.6 Å². The summed E-state index contributed by atoms with van der Waals surface area (Å²) in [6.07, 6.45) is 1.70. The summed E-state index contributed by atoms with van der Waals surface area (Å²) in [5.74, 6) is -0.561. The van der Waals surface area contributed by atoms with Gasteiger partial charge in [-0.2, -0.15) is 0 Å². The van der Waals surface area contributed by atoms with E-state index in [0.717, 1.165) is 5.56 Å². The number of thiazole rings is 1. The Hall–Kier alpha value is -4.18. The molecule has 1 N–H and O–H groups in total. The zero-order chi connectivity index (χ0) is 27.4. The summed E-state index contributed by atoms with van der Waals surface area (Å²) in [7, 11) is 0. The third-order valence-electron chi connectivity index (χ3n) is 5.60. The largest absolute Gasteiger partial charge is 0.491 e. The number of nitrogens with zero attached hydrogens (tertiary/aromatic N) is 2. The van der Waals surface area contributed by atoms with Gasteiger partial charge in [-0.15, -0.1) is 0 Å². The first kappa shape index (κ1) is 26.9. The monoisotopic (exact) mass is 536 g/mol. The molecule has 0 spiro atoms. The Bertz CT molecular complexity index is 1570. The summed E-state index contributed by atoms with van der Waals surface area (Å²) in [5.41, 5.74) is 1.84. The fraction of sp³-hybridized carbons (Fsp3) is 0.286. The van der Waals surface area contributed by atoms with Gasteiger partial charge in [0.1, 0.15) is 11.5 Å². The number of carboxylic acids is 1. The highest BCUT2D eigenvalue weighted by molar-refractivity contribution is 7.07. The Labute approximate surface area is 222 Å². The van der Waals surface area contributed by atoms with E-state index in [2.05, 4.69) is 4.99 Å². The molecule has 0 unspecified atom stereocenters. The van der Waals surface area contributed by atoms with E-state index in [0.29, 0.717) is 37.7 Å². The minimum Gasteiger partial charge on any atom is -0.491 e. The molecule has 0 saturated carbocycles. The molecular weight excluding hydrogens is 508 g/mol. The minimum absolute atomic E-state index is 0.00350. The van der Waals surface area contributed by atoms with Gasteiger partial charge in [0, 0.05) is 0 Å². The molecule has 1 aromatic heterocycles. The van der Waals surface area contributed by atoms with Gasteiger partial charge in [-0.1, -0.05) is 35.6 Å². The summed E-state index contributed by atoms with van der Waals surface area (Å²) in [6.45, 7) is 7.05. The van der Waals surface area contributed by atoms with Crippen LogP contribution in [0.1, 0.15) is 44.9 Å². The molecular formula is C28H28N2O7S. The number of carboxylic acid groups (broad SMARTS) is 1. The predicted octanol–water partition coefficient (Wildman–Crippen LogP) is 3.05. The Balaban J connectivity index is 1.83. The number of carbonyl (C=O) groups is 2. The van der Waals surface area contributed by atoms with Crippen molar-refractivity contribution in [2.24, 2.45) is 4.99 Å². The van der Waals surface area contributed by atoms with Crippen LogP contribution in [0.4, 0.5) is 0 Å². The standard InChI is InChI=1S/C28H28N2O7S/c1-5-35-27(34)24-17(4)29-28-30(25(24)19-9-11-20(12-10-19)37-16(2)3)26(33)22(38-28)14-18-7-6-8-21(13-18)36-15-23(31)32/h6-14,16,25H,5,15H2,1-4H3,(H,31,32)/b22-14-/t25-/m1/s1. The van der Waals surface area contributed by atoms with Crippen LogP contribution in [0.2, 0.25) is 0 Å². The zero-order valence-electron chi connectivity index (χ0n) is 21.5. The first-order chi connectivity index (χ1) is 18.2. The fourth-order valence-electron chi connectivity index (χ4n) is 4.10. The molecule has 10 heteroatoms. The minimum atomic E-state index is -1.08. The van der Waals surface area contributed by atoms with Crippen molar-refractivity contribution in [1.82, 2.24) is 4.57 Å². The Kier molecular flexibility index (Phi) is 8.11. The number of hydrogen-bond donors (Lipinski definition) is 1. The highest BCUT2D eigenvalue weighted by Crippen LogP contribution is 2.31. The molecule has 9 nitrogen and oxygen atoms in total. The van der Waals surface area contributed by atoms with Gasteiger partial charge in [0.25, 0.3) is 5.56 Å². The molecule has 0 fully saturated rings. The van der Waals surface area contributed by atoms with Gasteiger partial charge >= 0.3 is 11.9 Å². The first-order valence-corrected chi connectivity index (χ1v) is 12.9. The molecule has 0 saturated heterocycles. The zero-order valence-corrected chi connectivity index (χ0v) is 22.3. The Morgan fingerprint density at radius 1 is 1.16 bits per heavy atom. The number of allylic oxidation sites excluding steroid dienone is 1.